The first-order valence-electron chi connectivity index (χ1n) is 7.34. The minimum Gasteiger partial charge on any atom is -0.507 e. The monoisotopic (exact) mass is 307 g/mol. The van der Waals surface area contributed by atoms with E-state index >= 15 is 0 Å². The molecular weight excluding hydrogens is 290 g/mol. The maximum Gasteiger partial charge on any atom is 0.348 e. The summed E-state index contributed by atoms with van der Waals surface area (Å²) in [5.74, 6) is 0.232. The van der Waals surface area contributed by atoms with Gasteiger partial charge in [-0.3, -0.25) is 4.98 Å². The van der Waals surface area contributed by atoms with Crippen LogP contribution in [0.2, 0.25) is 0 Å². The summed E-state index contributed by atoms with van der Waals surface area (Å²) >= 11 is 0. The summed E-state index contributed by atoms with van der Waals surface area (Å²) in [5.41, 5.74) is 3.33. The second-order valence-corrected chi connectivity index (χ2v) is 5.60. The van der Waals surface area contributed by atoms with Gasteiger partial charge in [-0.1, -0.05) is 29.8 Å². The van der Waals surface area contributed by atoms with E-state index < -0.39 is 5.63 Å². The fraction of sp³-hybridized carbons (Fsp3) is 0.158. The van der Waals surface area contributed by atoms with E-state index in [1.807, 2.05) is 32.0 Å². The van der Waals surface area contributed by atoms with Gasteiger partial charge in [-0.05, 0) is 44.0 Å². The predicted octanol–water partition coefficient (Wildman–Crippen LogP) is 4.00. The van der Waals surface area contributed by atoms with E-state index in [0.717, 1.165) is 11.1 Å². The second-order valence-electron chi connectivity index (χ2n) is 5.60. The van der Waals surface area contributed by atoms with E-state index in [4.69, 9.17) is 4.42 Å². The van der Waals surface area contributed by atoms with Crippen LogP contribution in [0.15, 0.2) is 51.8 Å². The molecule has 0 spiro atoms. The molecule has 0 radical (unpaired) electrons. The molecule has 116 valence electrons. The average Bonchev–Trinajstić information content (AvgIpc) is 2.54. The van der Waals surface area contributed by atoms with Gasteiger partial charge in [0.05, 0.1) is 0 Å². The van der Waals surface area contributed by atoms with Crippen LogP contribution in [0.3, 0.4) is 0 Å². The van der Waals surface area contributed by atoms with Crippen molar-refractivity contribution in [1.82, 2.24) is 4.98 Å². The Hall–Kier alpha value is -2.88. The summed E-state index contributed by atoms with van der Waals surface area (Å²) < 4.78 is 5.47. The highest BCUT2D eigenvalue weighted by Crippen LogP contribution is 2.35. The third-order valence-electron chi connectivity index (χ3n) is 3.88. The maximum absolute atomic E-state index is 12.5. The van der Waals surface area contributed by atoms with Crippen LogP contribution < -0.4 is 5.63 Å². The van der Waals surface area contributed by atoms with Gasteiger partial charge in [0.2, 0.25) is 0 Å². The van der Waals surface area contributed by atoms with Gasteiger partial charge in [0.1, 0.15) is 17.0 Å². The molecule has 0 saturated heterocycles. The van der Waals surface area contributed by atoms with E-state index in [2.05, 4.69) is 4.98 Å². The standard InChI is InChI=1S/C19H17NO3/c1-11-7-8-14(12(2)10-11)16-17(21)13(3)18(23-19(16)22)15-6-4-5-9-20-15/h4-10,21H,1-3H3. The van der Waals surface area contributed by atoms with Crippen LogP contribution in [0.1, 0.15) is 16.7 Å². The van der Waals surface area contributed by atoms with E-state index in [-0.39, 0.29) is 11.3 Å². The van der Waals surface area contributed by atoms with Crippen molar-refractivity contribution in [3.8, 4) is 28.3 Å². The molecule has 0 amide bonds. The minimum atomic E-state index is -0.569. The Kier molecular flexibility index (Phi) is 3.74. The summed E-state index contributed by atoms with van der Waals surface area (Å²) in [6.07, 6.45) is 1.61. The van der Waals surface area contributed by atoms with Crippen molar-refractivity contribution in [2.75, 3.05) is 0 Å². The van der Waals surface area contributed by atoms with Crippen LogP contribution in [-0.4, -0.2) is 10.1 Å². The molecule has 0 bridgehead atoms. The van der Waals surface area contributed by atoms with Crippen molar-refractivity contribution in [3.05, 3.63) is 69.7 Å². The van der Waals surface area contributed by atoms with Crippen LogP contribution in [-0.2, 0) is 0 Å². The third-order valence-corrected chi connectivity index (χ3v) is 3.88. The molecule has 0 aliphatic rings. The van der Waals surface area contributed by atoms with Crippen LogP contribution in [0.5, 0.6) is 5.75 Å². The van der Waals surface area contributed by atoms with Crippen molar-refractivity contribution in [2.24, 2.45) is 0 Å². The highest BCUT2D eigenvalue weighted by molar-refractivity contribution is 5.76. The summed E-state index contributed by atoms with van der Waals surface area (Å²) in [4.78, 5) is 16.6. The van der Waals surface area contributed by atoms with Gasteiger partial charge in [0.15, 0.2) is 5.76 Å². The summed E-state index contributed by atoms with van der Waals surface area (Å²) in [6, 6.07) is 11.0. The number of pyridine rings is 1. The molecule has 0 aliphatic carbocycles. The first kappa shape index (κ1) is 15.0. The molecule has 4 nitrogen and oxygen atoms in total. The van der Waals surface area contributed by atoms with Gasteiger partial charge in [-0.25, -0.2) is 4.79 Å². The van der Waals surface area contributed by atoms with E-state index in [9.17, 15) is 9.90 Å². The lowest BCUT2D eigenvalue weighted by molar-refractivity contribution is 0.449. The molecule has 0 atom stereocenters. The third kappa shape index (κ3) is 2.63. The van der Waals surface area contributed by atoms with E-state index in [0.29, 0.717) is 22.6 Å². The number of benzene rings is 1. The molecular formula is C19H17NO3. The quantitative estimate of drug-likeness (QED) is 0.777. The second kappa shape index (κ2) is 5.72. The number of aryl methyl sites for hydroxylation is 2. The summed E-state index contributed by atoms with van der Waals surface area (Å²) in [7, 11) is 0. The lowest BCUT2D eigenvalue weighted by Crippen LogP contribution is -2.07. The predicted molar refractivity (Wildman–Crippen MR) is 89.5 cm³/mol. The SMILES string of the molecule is Cc1ccc(-c2c(O)c(C)c(-c3ccccn3)oc2=O)c(C)c1. The molecule has 0 aliphatic heterocycles. The number of hydrogen-bond donors (Lipinski definition) is 1. The van der Waals surface area contributed by atoms with Gasteiger partial charge in [-0.2, -0.15) is 0 Å². The van der Waals surface area contributed by atoms with Gasteiger partial charge in [0, 0.05) is 11.8 Å². The average molecular weight is 307 g/mol. The minimum absolute atomic E-state index is 0.0612. The molecule has 4 heteroatoms. The smallest absolute Gasteiger partial charge is 0.348 e. The van der Waals surface area contributed by atoms with Gasteiger partial charge < -0.3 is 9.52 Å². The van der Waals surface area contributed by atoms with Crippen LogP contribution >= 0.6 is 0 Å². The zero-order valence-electron chi connectivity index (χ0n) is 13.3. The molecule has 1 aromatic carbocycles. The molecule has 0 fully saturated rings. The van der Waals surface area contributed by atoms with Crippen molar-refractivity contribution in [3.63, 3.8) is 0 Å². The zero-order valence-corrected chi connectivity index (χ0v) is 13.3. The number of rotatable bonds is 2. The Morgan fingerprint density at radius 1 is 1.09 bits per heavy atom. The normalized spacial score (nSPS) is 10.7. The molecule has 3 aromatic rings. The van der Waals surface area contributed by atoms with Crippen molar-refractivity contribution in [2.45, 2.75) is 20.8 Å². The maximum atomic E-state index is 12.5. The molecule has 0 saturated carbocycles. The van der Waals surface area contributed by atoms with Gasteiger partial charge in [0.25, 0.3) is 0 Å². The van der Waals surface area contributed by atoms with Gasteiger partial charge >= 0.3 is 5.63 Å². The van der Waals surface area contributed by atoms with Crippen LogP contribution in [0.25, 0.3) is 22.6 Å². The molecule has 23 heavy (non-hydrogen) atoms. The Bertz CT molecular complexity index is 927. The van der Waals surface area contributed by atoms with E-state index in [1.165, 1.54) is 0 Å². The molecule has 2 aromatic heterocycles. The topological polar surface area (TPSA) is 63.3 Å². The fourth-order valence-corrected chi connectivity index (χ4v) is 2.69. The van der Waals surface area contributed by atoms with Crippen LogP contribution in [0, 0.1) is 20.8 Å². The lowest BCUT2D eigenvalue weighted by Gasteiger charge is -2.12. The molecule has 0 unspecified atom stereocenters. The Morgan fingerprint density at radius 3 is 2.52 bits per heavy atom. The van der Waals surface area contributed by atoms with Crippen molar-refractivity contribution < 1.29 is 9.52 Å². The highest BCUT2D eigenvalue weighted by Gasteiger charge is 2.20. The molecule has 3 rings (SSSR count). The largest absolute Gasteiger partial charge is 0.507 e. The Balaban J connectivity index is 2.26. The first-order valence-corrected chi connectivity index (χ1v) is 7.34. The number of hydrogen-bond acceptors (Lipinski definition) is 4. The lowest BCUT2D eigenvalue weighted by atomic mass is 9.97. The number of aromatic nitrogens is 1. The summed E-state index contributed by atoms with van der Waals surface area (Å²) in [6.45, 7) is 5.60. The van der Waals surface area contributed by atoms with Crippen molar-refractivity contribution >= 4 is 0 Å². The number of aromatic hydroxyl groups is 1. The fourth-order valence-electron chi connectivity index (χ4n) is 2.69. The van der Waals surface area contributed by atoms with Crippen molar-refractivity contribution in [1.29, 1.82) is 0 Å². The van der Waals surface area contributed by atoms with E-state index in [1.54, 1.807) is 31.3 Å². The Morgan fingerprint density at radius 2 is 1.87 bits per heavy atom. The first-order chi connectivity index (χ1) is 11.0. The Labute approximate surface area is 134 Å². The summed E-state index contributed by atoms with van der Waals surface area (Å²) in [5, 5.41) is 10.6. The van der Waals surface area contributed by atoms with Gasteiger partial charge in [-0.15, -0.1) is 0 Å². The molecule has 2 heterocycles. The highest BCUT2D eigenvalue weighted by atomic mass is 16.4. The van der Waals surface area contributed by atoms with Crippen LogP contribution in [0.4, 0.5) is 0 Å². The molecule has 1 N–H and O–H groups in total. The number of nitrogens with zero attached hydrogens (tertiary/aromatic N) is 1. The zero-order chi connectivity index (χ0) is 16.6.